The highest BCUT2D eigenvalue weighted by molar-refractivity contribution is 6.15. The molecule has 0 N–H and O–H groups in total. The van der Waals surface area contributed by atoms with Crippen molar-refractivity contribution in [3.8, 4) is 0 Å². The average molecular weight is 357 g/mol. The molecule has 3 amide bonds. The molecular formula is C20H27N3O3. The Labute approximate surface area is 154 Å². The van der Waals surface area contributed by atoms with Crippen molar-refractivity contribution >= 4 is 29.1 Å². The van der Waals surface area contributed by atoms with E-state index in [0.29, 0.717) is 37.2 Å². The van der Waals surface area contributed by atoms with Gasteiger partial charge >= 0.3 is 0 Å². The van der Waals surface area contributed by atoms with Crippen molar-refractivity contribution in [1.29, 1.82) is 0 Å². The topological polar surface area (TPSA) is 60.9 Å². The first-order chi connectivity index (χ1) is 12.5. The van der Waals surface area contributed by atoms with Gasteiger partial charge in [-0.15, -0.1) is 0 Å². The third kappa shape index (κ3) is 3.08. The fraction of sp³-hybridized carbons (Fsp3) is 0.550. The van der Waals surface area contributed by atoms with Crippen LogP contribution < -0.4 is 9.80 Å². The van der Waals surface area contributed by atoms with Gasteiger partial charge in [0.2, 0.25) is 11.8 Å². The van der Waals surface area contributed by atoms with Gasteiger partial charge in [-0.1, -0.05) is 20.3 Å². The zero-order valence-electron chi connectivity index (χ0n) is 15.8. The molecule has 1 fully saturated rings. The Morgan fingerprint density at radius 3 is 2.65 bits per heavy atom. The van der Waals surface area contributed by atoms with Crippen molar-refractivity contribution in [2.75, 3.05) is 29.9 Å². The lowest BCUT2D eigenvalue weighted by Gasteiger charge is -2.38. The number of carbonyl (C=O) groups excluding carboxylic acids is 3. The highest BCUT2D eigenvalue weighted by atomic mass is 16.2. The van der Waals surface area contributed by atoms with Gasteiger partial charge in [-0.05, 0) is 37.5 Å². The van der Waals surface area contributed by atoms with E-state index >= 15 is 0 Å². The SMILES string of the molecule is CCCCN(C)C(=O)c1ccc2c(c1)N(CCC)C(=O)[C@H]1CCC(=O)N21. The lowest BCUT2D eigenvalue weighted by atomic mass is 10.0. The maximum Gasteiger partial charge on any atom is 0.253 e. The third-order valence-corrected chi connectivity index (χ3v) is 5.18. The number of fused-ring (bicyclic) bond motifs is 3. The van der Waals surface area contributed by atoms with E-state index in [-0.39, 0.29) is 17.7 Å². The number of unbranched alkanes of at least 4 members (excludes halogenated alkanes) is 1. The molecule has 0 unspecified atom stereocenters. The molecule has 0 bridgehead atoms. The monoisotopic (exact) mass is 357 g/mol. The van der Waals surface area contributed by atoms with Crippen LogP contribution in [0.3, 0.4) is 0 Å². The Bertz CT molecular complexity index is 731. The van der Waals surface area contributed by atoms with Gasteiger partial charge < -0.3 is 9.80 Å². The third-order valence-electron chi connectivity index (χ3n) is 5.18. The predicted octanol–water partition coefficient (Wildman–Crippen LogP) is 2.81. The highest BCUT2D eigenvalue weighted by Gasteiger charge is 2.44. The van der Waals surface area contributed by atoms with E-state index in [2.05, 4.69) is 6.92 Å². The molecule has 0 spiro atoms. The average Bonchev–Trinajstić information content (AvgIpc) is 3.04. The van der Waals surface area contributed by atoms with E-state index in [1.54, 1.807) is 33.9 Å². The van der Waals surface area contributed by atoms with Crippen LogP contribution in [0.5, 0.6) is 0 Å². The van der Waals surface area contributed by atoms with Crippen LogP contribution in [0.1, 0.15) is 56.3 Å². The number of amides is 3. The maximum absolute atomic E-state index is 12.9. The molecule has 3 rings (SSSR count). The van der Waals surface area contributed by atoms with E-state index in [4.69, 9.17) is 0 Å². The van der Waals surface area contributed by atoms with Crippen molar-refractivity contribution in [3.63, 3.8) is 0 Å². The molecule has 1 atom stereocenters. The summed E-state index contributed by atoms with van der Waals surface area (Å²) in [6.45, 7) is 5.41. The Morgan fingerprint density at radius 1 is 1.19 bits per heavy atom. The Hall–Kier alpha value is -2.37. The van der Waals surface area contributed by atoms with Crippen LogP contribution in [0.2, 0.25) is 0 Å². The number of rotatable bonds is 6. The van der Waals surface area contributed by atoms with Crippen LogP contribution in [0, 0.1) is 0 Å². The summed E-state index contributed by atoms with van der Waals surface area (Å²) < 4.78 is 0. The van der Waals surface area contributed by atoms with Gasteiger partial charge in [0.25, 0.3) is 5.91 Å². The first-order valence-corrected chi connectivity index (χ1v) is 9.52. The second-order valence-corrected chi connectivity index (χ2v) is 7.09. The quantitative estimate of drug-likeness (QED) is 0.786. The zero-order chi connectivity index (χ0) is 18.8. The largest absolute Gasteiger partial charge is 0.342 e. The van der Waals surface area contributed by atoms with Crippen LogP contribution in [-0.2, 0) is 9.59 Å². The summed E-state index contributed by atoms with van der Waals surface area (Å²) in [5, 5.41) is 0. The Kier molecular flexibility index (Phi) is 5.30. The van der Waals surface area contributed by atoms with Crippen LogP contribution in [-0.4, -0.2) is 48.8 Å². The van der Waals surface area contributed by atoms with E-state index in [0.717, 1.165) is 24.9 Å². The zero-order valence-corrected chi connectivity index (χ0v) is 15.8. The van der Waals surface area contributed by atoms with Crippen LogP contribution in [0.15, 0.2) is 18.2 Å². The van der Waals surface area contributed by atoms with Gasteiger partial charge in [0, 0.05) is 32.1 Å². The lowest BCUT2D eigenvalue weighted by molar-refractivity contribution is -0.122. The lowest BCUT2D eigenvalue weighted by Crippen LogP contribution is -2.52. The van der Waals surface area contributed by atoms with E-state index in [1.807, 2.05) is 13.0 Å². The molecule has 0 saturated carbocycles. The van der Waals surface area contributed by atoms with Gasteiger partial charge in [-0.3, -0.25) is 19.3 Å². The molecule has 6 heteroatoms. The van der Waals surface area contributed by atoms with Gasteiger partial charge in [0.1, 0.15) is 6.04 Å². The predicted molar refractivity (Wildman–Crippen MR) is 101 cm³/mol. The smallest absolute Gasteiger partial charge is 0.253 e. The van der Waals surface area contributed by atoms with E-state index < -0.39 is 6.04 Å². The van der Waals surface area contributed by atoms with Gasteiger partial charge in [0.15, 0.2) is 0 Å². The first kappa shape index (κ1) is 18.4. The number of anilines is 2. The normalized spacial score (nSPS) is 18.8. The summed E-state index contributed by atoms with van der Waals surface area (Å²) in [5.74, 6) is -0.103. The minimum absolute atomic E-state index is 0.0140. The molecule has 1 aromatic rings. The number of hydrogen-bond donors (Lipinski definition) is 0. The van der Waals surface area contributed by atoms with Crippen molar-refractivity contribution in [1.82, 2.24) is 4.90 Å². The summed E-state index contributed by atoms with van der Waals surface area (Å²) in [5.41, 5.74) is 1.98. The number of carbonyl (C=O) groups is 3. The molecule has 26 heavy (non-hydrogen) atoms. The van der Waals surface area contributed by atoms with Gasteiger partial charge in [-0.25, -0.2) is 0 Å². The summed E-state index contributed by atoms with van der Waals surface area (Å²) in [6, 6.07) is 4.97. The second-order valence-electron chi connectivity index (χ2n) is 7.09. The molecule has 1 aromatic carbocycles. The number of nitrogens with zero attached hydrogens (tertiary/aromatic N) is 3. The van der Waals surface area contributed by atoms with Crippen molar-refractivity contribution in [2.24, 2.45) is 0 Å². The second kappa shape index (κ2) is 7.48. The molecule has 0 radical (unpaired) electrons. The molecule has 0 aliphatic carbocycles. The van der Waals surface area contributed by atoms with Crippen molar-refractivity contribution < 1.29 is 14.4 Å². The minimum Gasteiger partial charge on any atom is -0.342 e. The van der Waals surface area contributed by atoms with Crippen molar-refractivity contribution in [2.45, 2.75) is 52.0 Å². The Morgan fingerprint density at radius 2 is 1.96 bits per heavy atom. The highest BCUT2D eigenvalue weighted by Crippen LogP contribution is 2.41. The fourth-order valence-corrected chi connectivity index (χ4v) is 3.77. The summed E-state index contributed by atoms with van der Waals surface area (Å²) in [4.78, 5) is 43.0. The van der Waals surface area contributed by atoms with E-state index in [1.165, 1.54) is 0 Å². The minimum atomic E-state index is -0.393. The number of hydrogen-bond acceptors (Lipinski definition) is 3. The van der Waals surface area contributed by atoms with Crippen LogP contribution in [0.25, 0.3) is 0 Å². The molecule has 2 aliphatic rings. The van der Waals surface area contributed by atoms with Gasteiger partial charge in [0.05, 0.1) is 11.4 Å². The first-order valence-electron chi connectivity index (χ1n) is 9.52. The molecule has 2 heterocycles. The van der Waals surface area contributed by atoms with E-state index in [9.17, 15) is 14.4 Å². The summed E-state index contributed by atoms with van der Waals surface area (Å²) >= 11 is 0. The van der Waals surface area contributed by atoms with Crippen LogP contribution >= 0.6 is 0 Å². The maximum atomic E-state index is 12.9. The van der Waals surface area contributed by atoms with Crippen molar-refractivity contribution in [3.05, 3.63) is 23.8 Å². The molecule has 0 aromatic heterocycles. The molecule has 6 nitrogen and oxygen atoms in total. The fourth-order valence-electron chi connectivity index (χ4n) is 3.77. The van der Waals surface area contributed by atoms with Crippen LogP contribution in [0.4, 0.5) is 11.4 Å². The Balaban J connectivity index is 1.98. The summed E-state index contributed by atoms with van der Waals surface area (Å²) in [7, 11) is 1.80. The molecule has 2 aliphatic heterocycles. The summed E-state index contributed by atoms with van der Waals surface area (Å²) in [6.07, 6.45) is 3.77. The van der Waals surface area contributed by atoms with Gasteiger partial charge in [-0.2, -0.15) is 0 Å². The molecule has 140 valence electrons. The standard InChI is InChI=1S/C20H27N3O3/c1-4-6-12-21(3)19(25)14-7-8-15-17(13-14)22(11-5-2)20(26)16-9-10-18(24)23(15)16/h7-8,13,16H,4-6,9-12H2,1-3H3/t16-/m1/s1. The molecule has 1 saturated heterocycles. The number of benzene rings is 1. The molecular weight excluding hydrogens is 330 g/mol.